The minimum Gasteiger partial charge on any atom is -0.299 e. The summed E-state index contributed by atoms with van der Waals surface area (Å²) >= 11 is 1.40. The van der Waals surface area contributed by atoms with Crippen LogP contribution < -0.4 is 5.32 Å². The van der Waals surface area contributed by atoms with Gasteiger partial charge in [-0.25, -0.2) is 0 Å². The first-order chi connectivity index (χ1) is 10.7. The molecular formula is C14H20N6OS. The maximum absolute atomic E-state index is 12.2. The first-order valence-corrected chi connectivity index (χ1v) is 8.34. The van der Waals surface area contributed by atoms with E-state index in [0.717, 1.165) is 30.9 Å². The molecule has 7 nitrogen and oxygen atoms in total. The van der Waals surface area contributed by atoms with Crippen molar-refractivity contribution in [2.45, 2.75) is 38.8 Å². The number of nitrogens with one attached hydrogen (secondary N) is 1. The van der Waals surface area contributed by atoms with E-state index in [9.17, 15) is 4.79 Å². The lowest BCUT2D eigenvalue weighted by molar-refractivity contribution is -0.118. The monoisotopic (exact) mass is 320 g/mol. The number of hydrogen-bond acceptors (Lipinski definition) is 6. The topological polar surface area (TPSA) is 75.9 Å². The Kier molecular flexibility index (Phi) is 4.79. The molecule has 0 spiro atoms. The van der Waals surface area contributed by atoms with Crippen LogP contribution in [0.3, 0.4) is 0 Å². The zero-order valence-corrected chi connectivity index (χ0v) is 13.4. The van der Waals surface area contributed by atoms with E-state index >= 15 is 0 Å². The molecule has 2 aromatic heterocycles. The molecule has 1 unspecified atom stereocenters. The second-order valence-electron chi connectivity index (χ2n) is 5.52. The Morgan fingerprint density at radius 2 is 2.36 bits per heavy atom. The minimum absolute atomic E-state index is 0.0245. The molecule has 0 radical (unpaired) electrons. The summed E-state index contributed by atoms with van der Waals surface area (Å²) in [4.78, 5) is 14.4. The summed E-state index contributed by atoms with van der Waals surface area (Å²) in [5, 5.41) is 16.4. The molecule has 1 amide bonds. The van der Waals surface area contributed by atoms with E-state index in [4.69, 9.17) is 0 Å². The summed E-state index contributed by atoms with van der Waals surface area (Å²) in [6.45, 7) is 4.05. The van der Waals surface area contributed by atoms with Crippen molar-refractivity contribution < 1.29 is 4.79 Å². The number of nitrogens with zero attached hydrogens (tertiary/aromatic N) is 5. The van der Waals surface area contributed by atoms with Gasteiger partial charge in [-0.15, -0.1) is 10.2 Å². The van der Waals surface area contributed by atoms with Gasteiger partial charge in [0.1, 0.15) is 5.01 Å². The fourth-order valence-electron chi connectivity index (χ4n) is 2.79. The largest absolute Gasteiger partial charge is 0.299 e. The van der Waals surface area contributed by atoms with Gasteiger partial charge in [-0.05, 0) is 32.4 Å². The van der Waals surface area contributed by atoms with Crippen molar-refractivity contribution in [2.24, 2.45) is 0 Å². The highest BCUT2D eigenvalue weighted by molar-refractivity contribution is 7.15. The van der Waals surface area contributed by atoms with Crippen LogP contribution in [0.15, 0.2) is 18.5 Å². The molecule has 0 aliphatic carbocycles. The fraction of sp³-hybridized carbons (Fsp3) is 0.571. The van der Waals surface area contributed by atoms with Crippen LogP contribution in [0, 0.1) is 6.92 Å². The molecule has 0 aromatic carbocycles. The molecule has 8 heteroatoms. The average Bonchev–Trinajstić information content (AvgIpc) is 3.13. The summed E-state index contributed by atoms with van der Waals surface area (Å²) in [7, 11) is 0. The van der Waals surface area contributed by atoms with Crippen LogP contribution in [0.25, 0.3) is 0 Å². The van der Waals surface area contributed by atoms with E-state index < -0.39 is 0 Å². The number of rotatable bonds is 5. The summed E-state index contributed by atoms with van der Waals surface area (Å²) in [5.74, 6) is -0.0245. The van der Waals surface area contributed by atoms with Gasteiger partial charge in [0.25, 0.3) is 0 Å². The first-order valence-electron chi connectivity index (χ1n) is 7.52. The molecule has 3 heterocycles. The lowest BCUT2D eigenvalue weighted by atomic mass is 10.0. The van der Waals surface area contributed by atoms with Gasteiger partial charge in [-0.2, -0.15) is 5.10 Å². The molecule has 1 fully saturated rings. The van der Waals surface area contributed by atoms with Crippen LogP contribution in [0.5, 0.6) is 0 Å². The maximum Gasteiger partial charge on any atom is 0.240 e. The SMILES string of the molecule is Cc1nnc(NC(=O)CN2CCCCC2Cn2cccn2)s1. The summed E-state index contributed by atoms with van der Waals surface area (Å²) in [6.07, 6.45) is 7.21. The average molecular weight is 320 g/mol. The third-order valence-electron chi connectivity index (χ3n) is 3.83. The van der Waals surface area contributed by atoms with Gasteiger partial charge < -0.3 is 0 Å². The molecule has 3 rings (SSSR count). The molecule has 118 valence electrons. The predicted octanol–water partition coefficient (Wildman–Crippen LogP) is 1.54. The Morgan fingerprint density at radius 3 is 3.09 bits per heavy atom. The summed E-state index contributed by atoms with van der Waals surface area (Å²) < 4.78 is 1.94. The molecule has 1 aliphatic rings. The van der Waals surface area contributed by atoms with Crippen LogP contribution >= 0.6 is 11.3 Å². The Bertz CT molecular complexity index is 611. The zero-order chi connectivity index (χ0) is 15.4. The van der Waals surface area contributed by atoms with Crippen LogP contribution in [0.2, 0.25) is 0 Å². The quantitative estimate of drug-likeness (QED) is 0.904. The van der Waals surface area contributed by atoms with Gasteiger partial charge in [0.2, 0.25) is 11.0 Å². The molecule has 2 aromatic rings. The minimum atomic E-state index is -0.0245. The fourth-order valence-corrected chi connectivity index (χ4v) is 3.40. The molecule has 22 heavy (non-hydrogen) atoms. The Hall–Kier alpha value is -1.80. The number of aromatic nitrogens is 4. The van der Waals surface area contributed by atoms with Crippen LogP contribution in [-0.4, -0.2) is 49.9 Å². The summed E-state index contributed by atoms with van der Waals surface area (Å²) in [5.41, 5.74) is 0. The molecule has 0 saturated carbocycles. The number of carbonyl (C=O) groups excluding carboxylic acids is 1. The van der Waals surface area contributed by atoms with Crippen LogP contribution in [-0.2, 0) is 11.3 Å². The van der Waals surface area contributed by atoms with Crippen molar-refractivity contribution in [3.63, 3.8) is 0 Å². The van der Waals surface area contributed by atoms with Gasteiger partial charge in [0.05, 0.1) is 13.1 Å². The molecule has 0 bridgehead atoms. The smallest absolute Gasteiger partial charge is 0.240 e. The first kappa shape index (κ1) is 15.1. The zero-order valence-electron chi connectivity index (χ0n) is 12.6. The van der Waals surface area contributed by atoms with Gasteiger partial charge in [-0.3, -0.25) is 19.7 Å². The number of aryl methyl sites for hydroxylation is 1. The Balaban J connectivity index is 1.57. The number of carbonyl (C=O) groups is 1. The highest BCUT2D eigenvalue weighted by Gasteiger charge is 2.25. The maximum atomic E-state index is 12.2. The van der Waals surface area contributed by atoms with E-state index in [1.807, 2.05) is 23.9 Å². The highest BCUT2D eigenvalue weighted by Crippen LogP contribution is 2.19. The third kappa shape index (κ3) is 3.89. The second kappa shape index (κ2) is 6.97. The highest BCUT2D eigenvalue weighted by atomic mass is 32.1. The van der Waals surface area contributed by atoms with Crippen molar-refractivity contribution in [1.29, 1.82) is 0 Å². The number of anilines is 1. The van der Waals surface area contributed by atoms with Crippen molar-refractivity contribution >= 4 is 22.4 Å². The van der Waals surface area contributed by atoms with E-state index in [1.165, 1.54) is 17.8 Å². The van der Waals surface area contributed by atoms with Gasteiger partial charge in [-0.1, -0.05) is 17.8 Å². The van der Waals surface area contributed by atoms with Crippen LogP contribution in [0.1, 0.15) is 24.3 Å². The van der Waals surface area contributed by atoms with E-state index in [1.54, 1.807) is 6.20 Å². The molecule has 1 N–H and O–H groups in total. The second-order valence-corrected chi connectivity index (χ2v) is 6.70. The normalized spacial score (nSPS) is 19.2. The van der Waals surface area contributed by atoms with Gasteiger partial charge >= 0.3 is 0 Å². The Labute approximate surface area is 133 Å². The molecule has 1 atom stereocenters. The number of likely N-dealkylation sites (tertiary alicyclic amines) is 1. The lowest BCUT2D eigenvalue weighted by Gasteiger charge is -2.35. The van der Waals surface area contributed by atoms with E-state index in [0.29, 0.717) is 17.7 Å². The Morgan fingerprint density at radius 1 is 1.45 bits per heavy atom. The van der Waals surface area contributed by atoms with E-state index in [-0.39, 0.29) is 5.91 Å². The predicted molar refractivity (Wildman–Crippen MR) is 84.7 cm³/mol. The molecule has 1 saturated heterocycles. The third-order valence-corrected chi connectivity index (χ3v) is 4.58. The number of piperidine rings is 1. The van der Waals surface area contributed by atoms with Crippen molar-refractivity contribution in [1.82, 2.24) is 24.9 Å². The van der Waals surface area contributed by atoms with Crippen molar-refractivity contribution in [2.75, 3.05) is 18.4 Å². The van der Waals surface area contributed by atoms with Gasteiger partial charge in [0.15, 0.2) is 0 Å². The van der Waals surface area contributed by atoms with Gasteiger partial charge in [0, 0.05) is 18.4 Å². The summed E-state index contributed by atoms with van der Waals surface area (Å²) in [6, 6.07) is 2.29. The number of hydrogen-bond donors (Lipinski definition) is 1. The molecule has 1 aliphatic heterocycles. The standard InChI is InChI=1S/C14H20N6OS/c1-11-17-18-14(22-11)16-13(21)10-19-7-3-2-5-12(19)9-20-8-4-6-15-20/h4,6,8,12H,2-3,5,7,9-10H2,1H3,(H,16,18,21). The lowest BCUT2D eigenvalue weighted by Crippen LogP contribution is -2.46. The van der Waals surface area contributed by atoms with Crippen molar-refractivity contribution in [3.05, 3.63) is 23.5 Å². The van der Waals surface area contributed by atoms with Crippen molar-refractivity contribution in [3.8, 4) is 0 Å². The van der Waals surface area contributed by atoms with E-state index in [2.05, 4.69) is 25.5 Å². The van der Waals surface area contributed by atoms with Crippen LogP contribution in [0.4, 0.5) is 5.13 Å². The number of amides is 1. The molecular weight excluding hydrogens is 300 g/mol.